The van der Waals surface area contributed by atoms with Crippen LogP contribution in [0.2, 0.25) is 5.02 Å². The van der Waals surface area contributed by atoms with Gasteiger partial charge in [0.05, 0.1) is 17.3 Å². The first kappa shape index (κ1) is 15.8. The molecule has 1 amide bonds. The van der Waals surface area contributed by atoms with Gasteiger partial charge in [-0.2, -0.15) is 0 Å². The highest BCUT2D eigenvalue weighted by molar-refractivity contribution is 7.10. The van der Waals surface area contributed by atoms with Gasteiger partial charge in [0.25, 0.3) is 0 Å². The minimum Gasteiger partial charge on any atom is -0.397 e. The summed E-state index contributed by atoms with van der Waals surface area (Å²) in [5.41, 5.74) is 6.82. The maximum absolute atomic E-state index is 12.1. The molecule has 1 heterocycles. The summed E-state index contributed by atoms with van der Waals surface area (Å²) >= 11 is 7.54. The SMILES string of the molecule is CC(c1cccs1)N(C)CC(=O)Nc1ccc(Cl)c(N)c1. The second-order valence-electron chi connectivity index (χ2n) is 4.89. The molecule has 0 aliphatic rings. The number of nitrogens with zero attached hydrogens (tertiary/aromatic N) is 1. The lowest BCUT2D eigenvalue weighted by Crippen LogP contribution is -2.31. The molecule has 1 aromatic heterocycles. The van der Waals surface area contributed by atoms with Crippen molar-refractivity contribution >= 4 is 40.2 Å². The van der Waals surface area contributed by atoms with Gasteiger partial charge in [-0.15, -0.1) is 11.3 Å². The van der Waals surface area contributed by atoms with Crippen LogP contribution in [0.25, 0.3) is 0 Å². The predicted molar refractivity (Wildman–Crippen MR) is 89.9 cm³/mol. The summed E-state index contributed by atoms with van der Waals surface area (Å²) in [5, 5.41) is 5.35. The largest absolute Gasteiger partial charge is 0.397 e. The highest BCUT2D eigenvalue weighted by atomic mass is 35.5. The Morgan fingerprint density at radius 1 is 1.48 bits per heavy atom. The normalized spacial score (nSPS) is 12.4. The number of amides is 1. The number of carbonyl (C=O) groups is 1. The minimum atomic E-state index is -0.0809. The van der Waals surface area contributed by atoms with Crippen molar-refractivity contribution in [2.24, 2.45) is 0 Å². The number of rotatable bonds is 5. The number of benzene rings is 1. The smallest absolute Gasteiger partial charge is 0.238 e. The second-order valence-corrected chi connectivity index (χ2v) is 6.28. The fourth-order valence-electron chi connectivity index (χ4n) is 1.93. The molecular weight excluding hydrogens is 306 g/mol. The van der Waals surface area contributed by atoms with Crippen LogP contribution in [-0.4, -0.2) is 24.4 Å². The van der Waals surface area contributed by atoms with E-state index < -0.39 is 0 Å². The van der Waals surface area contributed by atoms with Crippen LogP contribution < -0.4 is 11.1 Å². The third-order valence-corrected chi connectivity index (χ3v) is 4.68. The van der Waals surface area contributed by atoms with E-state index in [1.54, 1.807) is 29.5 Å². The van der Waals surface area contributed by atoms with Crippen LogP contribution in [0.4, 0.5) is 11.4 Å². The number of halogens is 1. The van der Waals surface area contributed by atoms with E-state index in [-0.39, 0.29) is 11.9 Å². The molecule has 0 fully saturated rings. The molecule has 6 heteroatoms. The van der Waals surface area contributed by atoms with Crippen molar-refractivity contribution in [3.8, 4) is 0 Å². The summed E-state index contributed by atoms with van der Waals surface area (Å²) < 4.78 is 0. The molecule has 1 unspecified atom stereocenters. The van der Waals surface area contributed by atoms with Crippen molar-refractivity contribution in [2.45, 2.75) is 13.0 Å². The number of nitrogens with two attached hydrogens (primary N) is 1. The van der Waals surface area contributed by atoms with E-state index in [4.69, 9.17) is 17.3 Å². The first-order valence-corrected chi connectivity index (χ1v) is 7.81. The van der Waals surface area contributed by atoms with Gasteiger partial charge in [-0.1, -0.05) is 17.7 Å². The molecule has 0 aliphatic heterocycles. The molecule has 1 atom stereocenters. The maximum Gasteiger partial charge on any atom is 0.238 e. The van der Waals surface area contributed by atoms with Crippen molar-refractivity contribution in [3.63, 3.8) is 0 Å². The molecule has 3 N–H and O–H groups in total. The standard InChI is InChI=1S/C15H18ClN3OS/c1-10(14-4-3-7-21-14)19(2)9-15(20)18-11-5-6-12(16)13(17)8-11/h3-8,10H,9,17H2,1-2H3,(H,18,20). The van der Waals surface area contributed by atoms with Crippen LogP contribution in [0.15, 0.2) is 35.7 Å². The van der Waals surface area contributed by atoms with Gasteiger partial charge < -0.3 is 11.1 Å². The minimum absolute atomic E-state index is 0.0809. The fraction of sp³-hybridized carbons (Fsp3) is 0.267. The molecule has 0 bridgehead atoms. The Balaban J connectivity index is 1.93. The van der Waals surface area contributed by atoms with Crippen LogP contribution in [-0.2, 0) is 4.79 Å². The van der Waals surface area contributed by atoms with E-state index in [2.05, 4.69) is 18.3 Å². The Labute approximate surface area is 133 Å². The van der Waals surface area contributed by atoms with Gasteiger partial charge in [-0.05, 0) is 43.6 Å². The van der Waals surface area contributed by atoms with Gasteiger partial charge in [0.2, 0.25) is 5.91 Å². The van der Waals surface area contributed by atoms with E-state index in [1.165, 1.54) is 4.88 Å². The summed E-state index contributed by atoms with van der Waals surface area (Å²) in [5.74, 6) is -0.0809. The summed E-state index contributed by atoms with van der Waals surface area (Å²) in [6, 6.07) is 9.35. The van der Waals surface area contributed by atoms with E-state index in [0.29, 0.717) is 22.9 Å². The number of likely N-dealkylation sites (N-methyl/N-ethyl adjacent to an activating group) is 1. The van der Waals surface area contributed by atoms with Gasteiger partial charge in [0, 0.05) is 16.6 Å². The molecule has 0 spiro atoms. The lowest BCUT2D eigenvalue weighted by molar-refractivity contribution is -0.117. The van der Waals surface area contributed by atoms with E-state index >= 15 is 0 Å². The number of anilines is 2. The van der Waals surface area contributed by atoms with Crippen molar-refractivity contribution in [1.82, 2.24) is 4.90 Å². The molecular formula is C15H18ClN3OS. The third-order valence-electron chi connectivity index (χ3n) is 3.29. The Morgan fingerprint density at radius 2 is 2.24 bits per heavy atom. The van der Waals surface area contributed by atoms with Gasteiger partial charge in [-0.3, -0.25) is 9.69 Å². The average Bonchev–Trinajstić information content (AvgIpc) is 2.96. The summed E-state index contributed by atoms with van der Waals surface area (Å²) in [6.07, 6.45) is 0. The number of nitrogen functional groups attached to an aromatic ring is 1. The first-order chi connectivity index (χ1) is 9.97. The third kappa shape index (κ3) is 4.20. The zero-order valence-corrected chi connectivity index (χ0v) is 13.5. The molecule has 21 heavy (non-hydrogen) atoms. The van der Waals surface area contributed by atoms with Gasteiger partial charge in [0.15, 0.2) is 0 Å². The molecule has 0 radical (unpaired) electrons. The summed E-state index contributed by atoms with van der Waals surface area (Å²) in [4.78, 5) is 15.3. The zero-order valence-electron chi connectivity index (χ0n) is 12.0. The average molecular weight is 324 g/mol. The lowest BCUT2D eigenvalue weighted by Gasteiger charge is -2.23. The molecule has 4 nitrogen and oxygen atoms in total. The number of nitrogens with one attached hydrogen (secondary N) is 1. The molecule has 1 aromatic carbocycles. The summed E-state index contributed by atoms with van der Waals surface area (Å²) in [7, 11) is 1.93. The van der Waals surface area contributed by atoms with Gasteiger partial charge >= 0.3 is 0 Å². The second kappa shape index (κ2) is 6.93. The van der Waals surface area contributed by atoms with Crippen molar-refractivity contribution < 1.29 is 4.79 Å². The Hall–Kier alpha value is -1.56. The predicted octanol–water partition coefficient (Wildman–Crippen LogP) is 3.62. The lowest BCUT2D eigenvalue weighted by atomic mass is 10.2. The van der Waals surface area contributed by atoms with Crippen LogP contribution in [0.5, 0.6) is 0 Å². The van der Waals surface area contributed by atoms with Crippen LogP contribution in [0, 0.1) is 0 Å². The number of hydrogen-bond acceptors (Lipinski definition) is 4. The fourth-order valence-corrected chi connectivity index (χ4v) is 2.90. The molecule has 2 aromatic rings. The topological polar surface area (TPSA) is 58.4 Å². The molecule has 2 rings (SSSR count). The first-order valence-electron chi connectivity index (χ1n) is 6.56. The van der Waals surface area contributed by atoms with E-state index in [9.17, 15) is 4.79 Å². The Kier molecular flexibility index (Phi) is 5.22. The van der Waals surface area contributed by atoms with E-state index in [0.717, 1.165) is 0 Å². The molecule has 0 saturated heterocycles. The number of hydrogen-bond donors (Lipinski definition) is 2. The Morgan fingerprint density at radius 3 is 2.86 bits per heavy atom. The highest BCUT2D eigenvalue weighted by Crippen LogP contribution is 2.24. The van der Waals surface area contributed by atoms with Crippen molar-refractivity contribution in [3.05, 3.63) is 45.6 Å². The van der Waals surface area contributed by atoms with Crippen molar-refractivity contribution in [2.75, 3.05) is 24.6 Å². The van der Waals surface area contributed by atoms with Crippen LogP contribution in [0.3, 0.4) is 0 Å². The van der Waals surface area contributed by atoms with E-state index in [1.807, 2.05) is 23.4 Å². The number of carbonyl (C=O) groups excluding carboxylic acids is 1. The monoisotopic (exact) mass is 323 g/mol. The highest BCUT2D eigenvalue weighted by Gasteiger charge is 2.15. The Bertz CT molecular complexity index is 615. The summed E-state index contributed by atoms with van der Waals surface area (Å²) in [6.45, 7) is 2.39. The number of thiophene rings is 1. The quantitative estimate of drug-likeness (QED) is 0.826. The zero-order chi connectivity index (χ0) is 15.4. The molecule has 112 valence electrons. The van der Waals surface area contributed by atoms with Crippen LogP contribution >= 0.6 is 22.9 Å². The van der Waals surface area contributed by atoms with Gasteiger partial charge in [-0.25, -0.2) is 0 Å². The molecule has 0 aliphatic carbocycles. The van der Waals surface area contributed by atoms with Gasteiger partial charge in [0.1, 0.15) is 0 Å². The van der Waals surface area contributed by atoms with Crippen LogP contribution in [0.1, 0.15) is 17.8 Å². The maximum atomic E-state index is 12.1. The molecule has 0 saturated carbocycles. The van der Waals surface area contributed by atoms with Crippen molar-refractivity contribution in [1.29, 1.82) is 0 Å².